The van der Waals surface area contributed by atoms with Gasteiger partial charge in [-0.15, -0.1) is 0 Å². The summed E-state index contributed by atoms with van der Waals surface area (Å²) >= 11 is 0. The predicted octanol–water partition coefficient (Wildman–Crippen LogP) is 3.18. The highest BCUT2D eigenvalue weighted by Gasteiger charge is 2.17. The first-order valence-electron chi connectivity index (χ1n) is 7.47. The van der Waals surface area contributed by atoms with Gasteiger partial charge in [0.15, 0.2) is 5.82 Å². The van der Waals surface area contributed by atoms with Crippen LogP contribution in [0, 0.1) is 12.7 Å². The molecule has 0 bridgehead atoms. The van der Waals surface area contributed by atoms with Crippen LogP contribution in [0.4, 0.5) is 15.9 Å². The molecule has 0 radical (unpaired) electrons. The van der Waals surface area contributed by atoms with Crippen molar-refractivity contribution < 1.29 is 22.1 Å². The van der Waals surface area contributed by atoms with Crippen LogP contribution < -0.4 is 10.0 Å². The van der Waals surface area contributed by atoms with Crippen LogP contribution in [0.15, 0.2) is 64.0 Å². The molecule has 134 valence electrons. The molecule has 0 fully saturated rings. The molecular formula is C17H14FN3O4S. The zero-order valence-electron chi connectivity index (χ0n) is 13.6. The summed E-state index contributed by atoms with van der Waals surface area (Å²) in [6, 6.07) is 12.2. The van der Waals surface area contributed by atoms with Gasteiger partial charge in [-0.25, -0.2) is 12.8 Å². The van der Waals surface area contributed by atoms with E-state index in [2.05, 4.69) is 15.2 Å². The number of hydrogen-bond acceptors (Lipinski definition) is 5. The number of anilines is 2. The van der Waals surface area contributed by atoms with E-state index >= 15 is 0 Å². The van der Waals surface area contributed by atoms with Gasteiger partial charge in [-0.05, 0) is 49.4 Å². The van der Waals surface area contributed by atoms with Crippen molar-refractivity contribution in [3.63, 3.8) is 0 Å². The molecule has 3 aromatic rings. The Morgan fingerprint density at radius 1 is 1.12 bits per heavy atom. The van der Waals surface area contributed by atoms with Crippen molar-refractivity contribution >= 4 is 27.4 Å². The fourth-order valence-electron chi connectivity index (χ4n) is 2.17. The highest BCUT2D eigenvalue weighted by molar-refractivity contribution is 7.92. The average Bonchev–Trinajstić information content (AvgIpc) is 2.99. The highest BCUT2D eigenvalue weighted by Crippen LogP contribution is 2.17. The van der Waals surface area contributed by atoms with Crippen LogP contribution in [0.1, 0.15) is 16.1 Å². The van der Waals surface area contributed by atoms with Crippen molar-refractivity contribution in [1.29, 1.82) is 0 Å². The van der Waals surface area contributed by atoms with Crippen LogP contribution in [-0.4, -0.2) is 19.5 Å². The van der Waals surface area contributed by atoms with Gasteiger partial charge in [0.25, 0.3) is 15.9 Å². The summed E-state index contributed by atoms with van der Waals surface area (Å²) in [5, 5.41) is 6.10. The van der Waals surface area contributed by atoms with E-state index in [0.29, 0.717) is 11.4 Å². The molecule has 0 unspecified atom stereocenters. The SMILES string of the molecule is Cc1cc(NS(=O)(=O)c2ccc(C(=O)Nc3cccc(F)c3)cc2)no1. The van der Waals surface area contributed by atoms with E-state index in [1.54, 1.807) is 13.0 Å². The molecule has 1 amide bonds. The third-order valence-corrected chi connectivity index (χ3v) is 4.75. The van der Waals surface area contributed by atoms with Gasteiger partial charge >= 0.3 is 0 Å². The molecule has 9 heteroatoms. The van der Waals surface area contributed by atoms with E-state index < -0.39 is 21.7 Å². The van der Waals surface area contributed by atoms with Crippen LogP contribution in [-0.2, 0) is 10.0 Å². The van der Waals surface area contributed by atoms with E-state index in [-0.39, 0.29) is 16.3 Å². The first kappa shape index (κ1) is 17.6. The van der Waals surface area contributed by atoms with Gasteiger partial charge in [0, 0.05) is 17.3 Å². The second kappa shape index (κ2) is 6.96. The van der Waals surface area contributed by atoms with Crippen LogP contribution >= 0.6 is 0 Å². The number of nitrogens with zero attached hydrogens (tertiary/aromatic N) is 1. The number of halogens is 1. The summed E-state index contributed by atoms with van der Waals surface area (Å²) < 4.78 is 44.8. The van der Waals surface area contributed by atoms with E-state index in [1.165, 1.54) is 48.5 Å². The number of amides is 1. The van der Waals surface area contributed by atoms with Crippen molar-refractivity contribution in [2.45, 2.75) is 11.8 Å². The van der Waals surface area contributed by atoms with Gasteiger partial charge in [0.2, 0.25) is 0 Å². The maximum atomic E-state index is 13.1. The number of hydrogen-bond donors (Lipinski definition) is 2. The van der Waals surface area contributed by atoms with Gasteiger partial charge in [0.05, 0.1) is 4.90 Å². The molecule has 0 saturated heterocycles. The molecule has 1 aromatic heterocycles. The zero-order valence-corrected chi connectivity index (χ0v) is 14.4. The molecule has 2 aromatic carbocycles. The van der Waals surface area contributed by atoms with Crippen molar-refractivity contribution in [2.24, 2.45) is 0 Å². The van der Waals surface area contributed by atoms with Crippen molar-refractivity contribution in [2.75, 3.05) is 10.0 Å². The second-order valence-corrected chi connectivity index (χ2v) is 7.10. The molecule has 7 nitrogen and oxygen atoms in total. The molecular weight excluding hydrogens is 361 g/mol. The standard InChI is InChI=1S/C17H14FN3O4S/c1-11-9-16(20-25-11)21-26(23,24)15-7-5-12(6-8-15)17(22)19-14-4-2-3-13(18)10-14/h2-10H,1H3,(H,19,22)(H,20,21). The van der Waals surface area contributed by atoms with Crippen LogP contribution in [0.5, 0.6) is 0 Å². The Labute approximate surface area is 148 Å². The summed E-state index contributed by atoms with van der Waals surface area (Å²) in [7, 11) is -3.86. The summed E-state index contributed by atoms with van der Waals surface area (Å²) in [4.78, 5) is 12.1. The Bertz CT molecular complexity index is 1050. The maximum Gasteiger partial charge on any atom is 0.263 e. The summed E-state index contributed by atoms with van der Waals surface area (Å²) in [5.41, 5.74) is 0.528. The van der Waals surface area contributed by atoms with Crippen LogP contribution in [0.25, 0.3) is 0 Å². The lowest BCUT2D eigenvalue weighted by molar-refractivity contribution is 0.102. The number of aromatic nitrogens is 1. The van der Waals surface area contributed by atoms with Gasteiger partial charge in [-0.3, -0.25) is 9.52 Å². The Morgan fingerprint density at radius 3 is 2.46 bits per heavy atom. The minimum atomic E-state index is -3.86. The van der Waals surface area contributed by atoms with Crippen LogP contribution in [0.3, 0.4) is 0 Å². The maximum absolute atomic E-state index is 13.1. The number of aryl methyl sites for hydroxylation is 1. The van der Waals surface area contributed by atoms with E-state index in [1.807, 2.05) is 0 Å². The van der Waals surface area contributed by atoms with Crippen molar-refractivity contribution in [3.8, 4) is 0 Å². The average molecular weight is 375 g/mol. The topological polar surface area (TPSA) is 101 Å². The number of sulfonamides is 1. The molecule has 0 aliphatic rings. The molecule has 2 N–H and O–H groups in total. The fourth-order valence-corrected chi connectivity index (χ4v) is 3.15. The van der Waals surface area contributed by atoms with Crippen LogP contribution in [0.2, 0.25) is 0 Å². The molecule has 0 atom stereocenters. The molecule has 1 heterocycles. The summed E-state index contributed by atoms with van der Waals surface area (Å²) in [6.07, 6.45) is 0. The molecule has 0 spiro atoms. The zero-order chi connectivity index (χ0) is 18.7. The van der Waals surface area contributed by atoms with Gasteiger partial charge in [-0.1, -0.05) is 11.2 Å². The lowest BCUT2D eigenvalue weighted by atomic mass is 10.2. The Balaban J connectivity index is 1.74. The molecule has 0 aliphatic carbocycles. The minimum absolute atomic E-state index is 0.0412. The van der Waals surface area contributed by atoms with E-state index in [0.717, 1.165) is 0 Å². The molecule has 0 aliphatic heterocycles. The fraction of sp³-hybridized carbons (Fsp3) is 0.0588. The number of nitrogens with one attached hydrogen (secondary N) is 2. The first-order valence-corrected chi connectivity index (χ1v) is 8.95. The monoisotopic (exact) mass is 375 g/mol. The van der Waals surface area contributed by atoms with Crippen molar-refractivity contribution in [3.05, 3.63) is 71.7 Å². The number of carbonyl (C=O) groups is 1. The molecule has 0 saturated carbocycles. The smallest absolute Gasteiger partial charge is 0.263 e. The van der Waals surface area contributed by atoms with Gasteiger partial charge < -0.3 is 9.84 Å². The summed E-state index contributed by atoms with van der Waals surface area (Å²) in [5.74, 6) is -0.430. The largest absolute Gasteiger partial charge is 0.360 e. The number of benzene rings is 2. The van der Waals surface area contributed by atoms with E-state index in [4.69, 9.17) is 4.52 Å². The van der Waals surface area contributed by atoms with Crippen molar-refractivity contribution in [1.82, 2.24) is 5.16 Å². The van der Waals surface area contributed by atoms with Gasteiger partial charge in [0.1, 0.15) is 11.6 Å². The third-order valence-electron chi connectivity index (χ3n) is 3.38. The number of carbonyl (C=O) groups excluding carboxylic acids is 1. The van der Waals surface area contributed by atoms with Gasteiger partial charge in [-0.2, -0.15) is 0 Å². The molecule has 26 heavy (non-hydrogen) atoms. The second-order valence-electron chi connectivity index (χ2n) is 5.42. The lowest BCUT2D eigenvalue weighted by Crippen LogP contribution is -2.15. The quantitative estimate of drug-likeness (QED) is 0.713. The van der Waals surface area contributed by atoms with E-state index in [9.17, 15) is 17.6 Å². The lowest BCUT2D eigenvalue weighted by Gasteiger charge is -2.07. The number of rotatable bonds is 5. The third kappa shape index (κ3) is 4.06. The molecule has 3 rings (SSSR count). The first-order chi connectivity index (χ1) is 12.3. The Kier molecular flexibility index (Phi) is 4.72. The normalized spacial score (nSPS) is 11.2. The Hall–Kier alpha value is -3.20. The summed E-state index contributed by atoms with van der Waals surface area (Å²) in [6.45, 7) is 1.64. The Morgan fingerprint density at radius 2 is 1.85 bits per heavy atom. The highest BCUT2D eigenvalue weighted by atomic mass is 32.2. The predicted molar refractivity (Wildman–Crippen MR) is 92.8 cm³/mol. The minimum Gasteiger partial charge on any atom is -0.360 e.